The van der Waals surface area contributed by atoms with Crippen LogP contribution < -0.4 is 16.8 Å². The zero-order valence-corrected chi connectivity index (χ0v) is 14.0. The van der Waals surface area contributed by atoms with E-state index in [1.165, 1.54) is 6.07 Å². The number of amides is 1. The molecule has 0 aliphatic heterocycles. The molecule has 0 bridgehead atoms. The molecule has 2 aromatic rings. The standard InChI is InChI=1S/C18H20ClN3O2/c19-15-8-7-12(11-16(15)21)17(23)13-5-1-2-6-14(13)18(24)22-10-4-3-9-20/h1-2,5-8,11H,3-4,9-10,20-21H2,(H,22,24). The number of ketones is 1. The van der Waals surface area contributed by atoms with Crippen LogP contribution in [0.3, 0.4) is 0 Å². The Morgan fingerprint density at radius 3 is 2.42 bits per heavy atom. The van der Waals surface area contributed by atoms with Gasteiger partial charge in [-0.2, -0.15) is 0 Å². The molecule has 5 N–H and O–H groups in total. The number of hydrogen-bond donors (Lipinski definition) is 3. The number of benzene rings is 2. The Morgan fingerprint density at radius 2 is 1.75 bits per heavy atom. The lowest BCUT2D eigenvalue weighted by Crippen LogP contribution is -2.26. The van der Waals surface area contributed by atoms with Crippen molar-refractivity contribution in [2.24, 2.45) is 5.73 Å². The molecule has 6 heteroatoms. The molecule has 0 aliphatic carbocycles. The molecule has 24 heavy (non-hydrogen) atoms. The van der Waals surface area contributed by atoms with Crippen molar-refractivity contribution in [3.8, 4) is 0 Å². The van der Waals surface area contributed by atoms with Crippen LogP contribution in [0.25, 0.3) is 0 Å². The summed E-state index contributed by atoms with van der Waals surface area (Å²) in [5.41, 5.74) is 12.6. The van der Waals surface area contributed by atoms with E-state index in [1.807, 2.05) is 0 Å². The summed E-state index contributed by atoms with van der Waals surface area (Å²) in [4.78, 5) is 25.1. The van der Waals surface area contributed by atoms with Crippen molar-refractivity contribution < 1.29 is 9.59 Å². The maximum atomic E-state index is 12.7. The molecule has 1 amide bonds. The molecule has 0 saturated heterocycles. The van der Waals surface area contributed by atoms with E-state index in [1.54, 1.807) is 36.4 Å². The summed E-state index contributed by atoms with van der Waals surface area (Å²) in [5, 5.41) is 3.20. The largest absolute Gasteiger partial charge is 0.398 e. The van der Waals surface area contributed by atoms with Crippen molar-refractivity contribution in [1.29, 1.82) is 0 Å². The van der Waals surface area contributed by atoms with Crippen molar-refractivity contribution >= 4 is 29.0 Å². The van der Waals surface area contributed by atoms with Crippen molar-refractivity contribution in [3.05, 3.63) is 64.2 Å². The quantitative estimate of drug-likeness (QED) is 0.408. The fourth-order valence-electron chi connectivity index (χ4n) is 2.29. The van der Waals surface area contributed by atoms with Crippen LogP contribution in [0.1, 0.15) is 39.1 Å². The number of hydrogen-bond acceptors (Lipinski definition) is 4. The summed E-state index contributed by atoms with van der Waals surface area (Å²) >= 11 is 5.89. The van der Waals surface area contributed by atoms with Gasteiger partial charge in [0.2, 0.25) is 0 Å². The highest BCUT2D eigenvalue weighted by atomic mass is 35.5. The van der Waals surface area contributed by atoms with Gasteiger partial charge < -0.3 is 16.8 Å². The first-order valence-electron chi connectivity index (χ1n) is 7.71. The van der Waals surface area contributed by atoms with E-state index in [9.17, 15) is 9.59 Å². The number of unbranched alkanes of at least 4 members (excludes halogenated alkanes) is 1. The summed E-state index contributed by atoms with van der Waals surface area (Å²) in [6.07, 6.45) is 1.64. The lowest BCUT2D eigenvalue weighted by atomic mass is 9.97. The summed E-state index contributed by atoms with van der Waals surface area (Å²) in [6.45, 7) is 1.11. The fraction of sp³-hybridized carbons (Fsp3) is 0.222. The Balaban J connectivity index is 2.22. The first-order valence-corrected chi connectivity index (χ1v) is 8.09. The normalized spacial score (nSPS) is 10.4. The van der Waals surface area contributed by atoms with E-state index < -0.39 is 0 Å². The van der Waals surface area contributed by atoms with E-state index in [4.69, 9.17) is 23.1 Å². The van der Waals surface area contributed by atoms with Crippen LogP contribution in [-0.2, 0) is 0 Å². The molecule has 0 spiro atoms. The third kappa shape index (κ3) is 4.34. The molecular formula is C18H20ClN3O2. The van der Waals surface area contributed by atoms with Gasteiger partial charge in [0.15, 0.2) is 5.78 Å². The average molecular weight is 346 g/mol. The number of halogens is 1. The SMILES string of the molecule is NCCCCNC(=O)c1ccccc1C(=O)c1ccc(Cl)c(N)c1. The Kier molecular flexibility index (Phi) is 6.35. The summed E-state index contributed by atoms with van der Waals surface area (Å²) < 4.78 is 0. The molecule has 5 nitrogen and oxygen atoms in total. The second-order valence-electron chi connectivity index (χ2n) is 5.36. The van der Waals surface area contributed by atoms with Crippen LogP contribution in [0, 0.1) is 0 Å². The molecule has 0 unspecified atom stereocenters. The zero-order chi connectivity index (χ0) is 17.5. The van der Waals surface area contributed by atoms with Gasteiger partial charge in [-0.3, -0.25) is 9.59 Å². The Labute approximate surface area is 146 Å². The first kappa shape index (κ1) is 18.0. The Bertz CT molecular complexity index is 747. The lowest BCUT2D eigenvalue weighted by Gasteiger charge is -2.10. The second kappa shape index (κ2) is 8.47. The molecule has 0 heterocycles. The van der Waals surface area contributed by atoms with Gasteiger partial charge in [0.1, 0.15) is 0 Å². The van der Waals surface area contributed by atoms with Gasteiger partial charge >= 0.3 is 0 Å². The van der Waals surface area contributed by atoms with Crippen molar-refractivity contribution in [2.45, 2.75) is 12.8 Å². The number of anilines is 1. The highest BCUT2D eigenvalue weighted by molar-refractivity contribution is 6.33. The fourth-order valence-corrected chi connectivity index (χ4v) is 2.40. The molecular weight excluding hydrogens is 326 g/mol. The number of nitrogens with two attached hydrogens (primary N) is 2. The minimum absolute atomic E-state index is 0.272. The third-order valence-electron chi connectivity index (χ3n) is 3.59. The van der Waals surface area contributed by atoms with Crippen LogP contribution in [0.15, 0.2) is 42.5 Å². The minimum atomic E-state index is -0.280. The Hall–Kier alpha value is -2.37. The van der Waals surface area contributed by atoms with Crippen LogP contribution in [-0.4, -0.2) is 24.8 Å². The smallest absolute Gasteiger partial charge is 0.252 e. The topological polar surface area (TPSA) is 98.2 Å². The third-order valence-corrected chi connectivity index (χ3v) is 3.94. The van der Waals surface area contributed by atoms with Crippen LogP contribution in [0.2, 0.25) is 5.02 Å². The van der Waals surface area contributed by atoms with Gasteiger partial charge in [0, 0.05) is 17.7 Å². The van der Waals surface area contributed by atoms with Gasteiger partial charge in [0.05, 0.1) is 16.3 Å². The van der Waals surface area contributed by atoms with Crippen LogP contribution >= 0.6 is 11.6 Å². The van der Waals surface area contributed by atoms with Crippen molar-refractivity contribution in [2.75, 3.05) is 18.8 Å². The van der Waals surface area contributed by atoms with E-state index in [2.05, 4.69) is 5.32 Å². The maximum absolute atomic E-state index is 12.7. The number of carbonyl (C=O) groups excluding carboxylic acids is 2. The van der Waals surface area contributed by atoms with Crippen LogP contribution in [0.5, 0.6) is 0 Å². The number of rotatable bonds is 7. The van der Waals surface area contributed by atoms with Gasteiger partial charge in [-0.25, -0.2) is 0 Å². The van der Waals surface area contributed by atoms with Gasteiger partial charge in [-0.15, -0.1) is 0 Å². The van der Waals surface area contributed by atoms with E-state index in [-0.39, 0.29) is 11.7 Å². The average Bonchev–Trinajstić information content (AvgIpc) is 2.60. The maximum Gasteiger partial charge on any atom is 0.252 e. The highest BCUT2D eigenvalue weighted by Crippen LogP contribution is 2.22. The van der Waals surface area contributed by atoms with Gasteiger partial charge in [-0.1, -0.05) is 29.8 Å². The molecule has 0 aromatic heterocycles. The molecule has 0 atom stereocenters. The molecule has 0 radical (unpaired) electrons. The second-order valence-corrected chi connectivity index (χ2v) is 5.77. The zero-order valence-electron chi connectivity index (χ0n) is 13.2. The van der Waals surface area contributed by atoms with Crippen molar-refractivity contribution in [1.82, 2.24) is 5.32 Å². The van der Waals surface area contributed by atoms with E-state index in [0.717, 1.165) is 12.8 Å². The predicted molar refractivity (Wildman–Crippen MR) is 96.4 cm³/mol. The molecule has 126 valence electrons. The first-order chi connectivity index (χ1) is 11.5. The molecule has 2 rings (SSSR count). The summed E-state index contributed by atoms with van der Waals surface area (Å²) in [5.74, 6) is -0.552. The molecule has 0 fully saturated rings. The molecule has 0 aliphatic rings. The molecule has 0 saturated carbocycles. The lowest BCUT2D eigenvalue weighted by molar-refractivity contribution is 0.0941. The number of nitrogens with one attached hydrogen (secondary N) is 1. The summed E-state index contributed by atoms with van der Waals surface area (Å²) in [7, 11) is 0. The van der Waals surface area contributed by atoms with E-state index in [0.29, 0.717) is 40.5 Å². The Morgan fingerprint density at radius 1 is 1.04 bits per heavy atom. The predicted octanol–water partition coefficient (Wildman–Crippen LogP) is 2.62. The van der Waals surface area contributed by atoms with Crippen LogP contribution in [0.4, 0.5) is 5.69 Å². The van der Waals surface area contributed by atoms with E-state index >= 15 is 0 Å². The molecule has 2 aromatic carbocycles. The monoisotopic (exact) mass is 345 g/mol. The summed E-state index contributed by atoms with van der Waals surface area (Å²) in [6, 6.07) is 11.4. The number of nitrogen functional groups attached to an aromatic ring is 1. The highest BCUT2D eigenvalue weighted by Gasteiger charge is 2.18. The van der Waals surface area contributed by atoms with Gasteiger partial charge in [-0.05, 0) is 43.7 Å². The van der Waals surface area contributed by atoms with Gasteiger partial charge in [0.25, 0.3) is 5.91 Å². The minimum Gasteiger partial charge on any atom is -0.398 e. The van der Waals surface area contributed by atoms with Crippen molar-refractivity contribution in [3.63, 3.8) is 0 Å². The number of carbonyl (C=O) groups is 2.